The van der Waals surface area contributed by atoms with Gasteiger partial charge in [0.15, 0.2) is 0 Å². The lowest BCUT2D eigenvalue weighted by Crippen LogP contribution is -2.29. The van der Waals surface area contributed by atoms with Crippen LogP contribution in [0.3, 0.4) is 0 Å². The van der Waals surface area contributed by atoms with E-state index >= 15 is 0 Å². The Labute approximate surface area is 182 Å². The largest absolute Gasteiger partial charge is 0.322 e. The van der Waals surface area contributed by atoms with Gasteiger partial charge in [-0.2, -0.15) is 0 Å². The molecule has 1 N–H and O–H groups in total. The van der Waals surface area contributed by atoms with Gasteiger partial charge in [-0.3, -0.25) is 9.10 Å². The second-order valence-corrected chi connectivity index (χ2v) is 9.54. The maximum atomic E-state index is 12.5. The number of halogens is 1. The number of benzene rings is 3. The van der Waals surface area contributed by atoms with Crippen molar-refractivity contribution in [2.75, 3.05) is 15.9 Å². The highest BCUT2D eigenvalue weighted by Crippen LogP contribution is 2.23. The van der Waals surface area contributed by atoms with Gasteiger partial charge in [0.2, 0.25) is 10.0 Å². The summed E-state index contributed by atoms with van der Waals surface area (Å²) in [6.45, 7) is 3.99. The number of nitrogens with zero attached hydrogens (tertiary/aromatic N) is 1. The van der Waals surface area contributed by atoms with Crippen molar-refractivity contribution in [1.82, 2.24) is 0 Å². The number of aryl methyl sites for hydroxylation is 2. The highest BCUT2D eigenvalue weighted by molar-refractivity contribution is 7.92. The summed E-state index contributed by atoms with van der Waals surface area (Å²) in [6, 6.07) is 19.5. The number of amides is 1. The van der Waals surface area contributed by atoms with Crippen molar-refractivity contribution in [3.05, 3.63) is 94.0 Å². The van der Waals surface area contributed by atoms with Crippen LogP contribution < -0.4 is 9.62 Å². The summed E-state index contributed by atoms with van der Waals surface area (Å²) in [7, 11) is -3.47. The van der Waals surface area contributed by atoms with E-state index in [2.05, 4.69) is 5.32 Å². The van der Waals surface area contributed by atoms with Crippen LogP contribution in [-0.2, 0) is 16.6 Å². The van der Waals surface area contributed by atoms with Gasteiger partial charge in [-0.05, 0) is 66.9 Å². The van der Waals surface area contributed by atoms with Crippen LogP contribution in [-0.4, -0.2) is 20.6 Å². The van der Waals surface area contributed by atoms with E-state index < -0.39 is 10.0 Å². The molecule has 0 fully saturated rings. The average molecular weight is 443 g/mol. The van der Waals surface area contributed by atoms with Gasteiger partial charge in [-0.25, -0.2) is 8.42 Å². The van der Waals surface area contributed by atoms with Crippen molar-refractivity contribution in [3.8, 4) is 0 Å². The minimum Gasteiger partial charge on any atom is -0.322 e. The molecule has 1 amide bonds. The third-order valence-corrected chi connectivity index (χ3v) is 6.21. The average Bonchev–Trinajstić information content (AvgIpc) is 2.68. The molecule has 0 bridgehead atoms. The van der Waals surface area contributed by atoms with Crippen LogP contribution in [0.4, 0.5) is 11.4 Å². The summed E-state index contributed by atoms with van der Waals surface area (Å²) in [4.78, 5) is 12.5. The van der Waals surface area contributed by atoms with Crippen LogP contribution in [0, 0.1) is 13.8 Å². The smallest absolute Gasteiger partial charge is 0.255 e. The lowest BCUT2D eigenvalue weighted by Gasteiger charge is -2.23. The molecule has 7 heteroatoms. The van der Waals surface area contributed by atoms with Crippen molar-refractivity contribution in [2.24, 2.45) is 0 Å². The van der Waals surface area contributed by atoms with E-state index in [4.69, 9.17) is 11.6 Å². The minimum absolute atomic E-state index is 0.178. The molecule has 3 aromatic rings. The van der Waals surface area contributed by atoms with E-state index in [1.165, 1.54) is 10.6 Å². The van der Waals surface area contributed by atoms with Gasteiger partial charge in [0, 0.05) is 16.3 Å². The second-order valence-electron chi connectivity index (χ2n) is 7.22. The number of carbonyl (C=O) groups is 1. The Morgan fingerprint density at radius 1 is 1.00 bits per heavy atom. The van der Waals surface area contributed by atoms with Crippen molar-refractivity contribution < 1.29 is 13.2 Å². The fraction of sp³-hybridized carbons (Fsp3) is 0.174. The molecule has 0 unspecified atom stereocenters. The molecule has 156 valence electrons. The van der Waals surface area contributed by atoms with Crippen LogP contribution in [0.15, 0.2) is 66.7 Å². The molecular weight excluding hydrogens is 420 g/mol. The Bertz CT molecular complexity index is 1180. The number of hydrogen-bond donors (Lipinski definition) is 1. The highest BCUT2D eigenvalue weighted by atomic mass is 35.5. The van der Waals surface area contributed by atoms with E-state index in [-0.39, 0.29) is 12.5 Å². The quantitative estimate of drug-likeness (QED) is 0.572. The summed E-state index contributed by atoms with van der Waals surface area (Å²) in [6.07, 6.45) is 1.18. The first-order valence-corrected chi connectivity index (χ1v) is 11.6. The molecule has 0 aliphatic heterocycles. The van der Waals surface area contributed by atoms with E-state index in [1.54, 1.807) is 42.5 Å². The number of anilines is 2. The van der Waals surface area contributed by atoms with Crippen molar-refractivity contribution in [3.63, 3.8) is 0 Å². The molecule has 0 saturated carbocycles. The standard InChI is InChI=1S/C23H23ClN2O3S/c1-16-5-4-6-21(13-16)26(30(3,28)29)15-18-8-10-19(11-9-18)23(27)25-20-12-7-17(2)22(24)14-20/h4-14H,15H2,1-3H3,(H,25,27). The lowest BCUT2D eigenvalue weighted by atomic mass is 10.1. The molecule has 0 aromatic heterocycles. The molecule has 0 spiro atoms. The van der Waals surface area contributed by atoms with Gasteiger partial charge < -0.3 is 5.32 Å². The zero-order chi connectivity index (χ0) is 21.9. The maximum absolute atomic E-state index is 12.5. The molecule has 0 heterocycles. The topological polar surface area (TPSA) is 66.5 Å². The number of rotatable bonds is 6. The monoisotopic (exact) mass is 442 g/mol. The number of carbonyl (C=O) groups excluding carboxylic acids is 1. The second kappa shape index (κ2) is 8.90. The predicted octanol–water partition coefficient (Wildman–Crippen LogP) is 5.18. The zero-order valence-corrected chi connectivity index (χ0v) is 18.6. The van der Waals surface area contributed by atoms with Crippen LogP contribution in [0.5, 0.6) is 0 Å². The Morgan fingerprint density at radius 3 is 2.30 bits per heavy atom. The van der Waals surface area contributed by atoms with Gasteiger partial charge in [-0.1, -0.05) is 41.9 Å². The number of nitrogens with one attached hydrogen (secondary N) is 1. The molecule has 3 aromatic carbocycles. The maximum Gasteiger partial charge on any atom is 0.255 e. The summed E-state index contributed by atoms with van der Waals surface area (Å²) in [5, 5.41) is 3.40. The van der Waals surface area contributed by atoms with Crippen LogP contribution in [0.2, 0.25) is 5.02 Å². The van der Waals surface area contributed by atoms with Crippen molar-refractivity contribution in [1.29, 1.82) is 0 Å². The Morgan fingerprint density at radius 2 is 1.70 bits per heavy atom. The molecule has 5 nitrogen and oxygen atoms in total. The van der Waals surface area contributed by atoms with Crippen molar-refractivity contribution in [2.45, 2.75) is 20.4 Å². The first-order chi connectivity index (χ1) is 14.1. The first kappa shape index (κ1) is 21.9. The molecular formula is C23H23ClN2O3S. The molecule has 0 radical (unpaired) electrons. The molecule has 30 heavy (non-hydrogen) atoms. The van der Waals surface area contributed by atoms with Crippen LogP contribution in [0.25, 0.3) is 0 Å². The van der Waals surface area contributed by atoms with Gasteiger partial charge in [0.25, 0.3) is 5.91 Å². The molecule has 0 aliphatic rings. The van der Waals surface area contributed by atoms with Gasteiger partial charge >= 0.3 is 0 Å². The van der Waals surface area contributed by atoms with Gasteiger partial charge in [0.05, 0.1) is 18.5 Å². The summed E-state index contributed by atoms with van der Waals surface area (Å²) >= 11 is 6.10. The third kappa shape index (κ3) is 5.40. The fourth-order valence-electron chi connectivity index (χ4n) is 2.98. The Hall–Kier alpha value is -2.83. The van der Waals surface area contributed by atoms with Crippen molar-refractivity contribution >= 4 is 38.9 Å². The van der Waals surface area contributed by atoms with Gasteiger partial charge in [0.1, 0.15) is 0 Å². The van der Waals surface area contributed by atoms with Gasteiger partial charge in [-0.15, -0.1) is 0 Å². The van der Waals surface area contributed by atoms with E-state index in [9.17, 15) is 13.2 Å². The number of hydrogen-bond acceptors (Lipinski definition) is 3. The Kier molecular flexibility index (Phi) is 6.48. The highest BCUT2D eigenvalue weighted by Gasteiger charge is 2.18. The molecule has 0 saturated heterocycles. The molecule has 3 rings (SSSR count). The molecule has 0 aliphatic carbocycles. The number of sulfonamides is 1. The lowest BCUT2D eigenvalue weighted by molar-refractivity contribution is 0.102. The Balaban J connectivity index is 1.76. The minimum atomic E-state index is -3.47. The van der Waals surface area contributed by atoms with E-state index in [1.807, 2.05) is 38.1 Å². The first-order valence-electron chi connectivity index (χ1n) is 9.34. The normalized spacial score (nSPS) is 11.2. The van der Waals surface area contributed by atoms with E-state index in [0.717, 1.165) is 16.7 Å². The predicted molar refractivity (Wildman–Crippen MR) is 123 cm³/mol. The SMILES string of the molecule is Cc1cccc(N(Cc2ccc(C(=O)Nc3ccc(C)c(Cl)c3)cc2)S(C)(=O)=O)c1. The third-order valence-electron chi connectivity index (χ3n) is 4.66. The molecule has 0 atom stereocenters. The fourth-order valence-corrected chi connectivity index (χ4v) is 4.04. The zero-order valence-electron chi connectivity index (χ0n) is 17.0. The summed E-state index contributed by atoms with van der Waals surface area (Å²) in [5.41, 5.74) is 4.37. The van der Waals surface area contributed by atoms with Crippen LogP contribution in [0.1, 0.15) is 27.0 Å². The van der Waals surface area contributed by atoms with Crippen LogP contribution >= 0.6 is 11.6 Å². The summed E-state index contributed by atoms with van der Waals surface area (Å²) < 4.78 is 26.0. The van der Waals surface area contributed by atoms with E-state index in [0.29, 0.717) is 22.0 Å². The summed E-state index contributed by atoms with van der Waals surface area (Å²) in [5.74, 6) is -0.264.